The van der Waals surface area contributed by atoms with E-state index in [1.807, 2.05) is 49.8 Å². The standard InChI is InChI=1S/C21H28N4O4/c1-14(2)29-21(27)24-12-15(3)25(16(4)26)19-7-6-17(10-20(19)24)18-11-22-23(13-18)8-9-28-5/h6-7,10-11,13-15H,8-9,12H2,1-5H3. The second-order valence-corrected chi connectivity index (χ2v) is 7.47. The highest BCUT2D eigenvalue weighted by molar-refractivity contribution is 6.03. The van der Waals surface area contributed by atoms with Gasteiger partial charge in [0.15, 0.2) is 0 Å². The minimum atomic E-state index is -0.413. The largest absolute Gasteiger partial charge is 0.446 e. The van der Waals surface area contributed by atoms with Crippen molar-refractivity contribution < 1.29 is 19.1 Å². The van der Waals surface area contributed by atoms with Gasteiger partial charge in [-0.2, -0.15) is 5.10 Å². The highest BCUT2D eigenvalue weighted by Gasteiger charge is 2.34. The van der Waals surface area contributed by atoms with Gasteiger partial charge in [0.25, 0.3) is 0 Å². The van der Waals surface area contributed by atoms with Crippen LogP contribution in [0.3, 0.4) is 0 Å². The average Bonchev–Trinajstić information content (AvgIpc) is 3.13. The summed E-state index contributed by atoms with van der Waals surface area (Å²) in [5.74, 6) is -0.0595. The molecular formula is C21H28N4O4. The molecule has 1 aromatic heterocycles. The Hall–Kier alpha value is -2.87. The first-order chi connectivity index (χ1) is 13.8. The second-order valence-electron chi connectivity index (χ2n) is 7.47. The van der Waals surface area contributed by atoms with Gasteiger partial charge in [0.05, 0.1) is 42.9 Å². The fourth-order valence-electron chi connectivity index (χ4n) is 3.54. The van der Waals surface area contributed by atoms with Crippen molar-refractivity contribution in [3.63, 3.8) is 0 Å². The minimum absolute atomic E-state index is 0.0595. The van der Waals surface area contributed by atoms with Crippen LogP contribution in [0.5, 0.6) is 0 Å². The van der Waals surface area contributed by atoms with E-state index in [9.17, 15) is 9.59 Å². The maximum atomic E-state index is 12.7. The van der Waals surface area contributed by atoms with E-state index in [-0.39, 0.29) is 18.1 Å². The van der Waals surface area contributed by atoms with Crippen molar-refractivity contribution in [1.82, 2.24) is 9.78 Å². The molecule has 0 aliphatic carbocycles. The van der Waals surface area contributed by atoms with Crippen molar-refractivity contribution in [2.24, 2.45) is 0 Å². The van der Waals surface area contributed by atoms with Gasteiger partial charge in [0.1, 0.15) is 0 Å². The number of rotatable bonds is 5. The fourth-order valence-corrected chi connectivity index (χ4v) is 3.54. The molecule has 8 nitrogen and oxygen atoms in total. The van der Waals surface area contributed by atoms with E-state index >= 15 is 0 Å². The number of ether oxygens (including phenoxy) is 2. The highest BCUT2D eigenvalue weighted by atomic mass is 16.6. The Morgan fingerprint density at radius 1 is 1.24 bits per heavy atom. The van der Waals surface area contributed by atoms with Crippen LogP contribution >= 0.6 is 0 Å². The summed E-state index contributed by atoms with van der Waals surface area (Å²) >= 11 is 0. The minimum Gasteiger partial charge on any atom is -0.446 e. The number of aromatic nitrogens is 2. The topological polar surface area (TPSA) is 76.9 Å². The number of carbonyl (C=O) groups excluding carboxylic acids is 2. The molecule has 0 radical (unpaired) electrons. The van der Waals surface area contributed by atoms with Crippen LogP contribution in [0.4, 0.5) is 16.2 Å². The predicted molar refractivity (Wildman–Crippen MR) is 111 cm³/mol. The Balaban J connectivity index is 2.01. The van der Waals surface area contributed by atoms with Gasteiger partial charge in [-0.1, -0.05) is 6.07 Å². The Labute approximate surface area is 171 Å². The molecular weight excluding hydrogens is 372 g/mol. The van der Waals surface area contributed by atoms with Crippen LogP contribution in [-0.2, 0) is 20.8 Å². The number of hydrogen-bond donors (Lipinski definition) is 0. The molecule has 0 fully saturated rings. The number of nitrogens with zero attached hydrogens (tertiary/aromatic N) is 4. The average molecular weight is 400 g/mol. The molecule has 8 heteroatoms. The van der Waals surface area contributed by atoms with Crippen molar-refractivity contribution in [3.8, 4) is 11.1 Å². The number of fused-ring (bicyclic) bond motifs is 1. The van der Waals surface area contributed by atoms with E-state index in [1.54, 1.807) is 23.1 Å². The van der Waals surface area contributed by atoms with Crippen LogP contribution in [0, 0.1) is 0 Å². The van der Waals surface area contributed by atoms with Gasteiger partial charge >= 0.3 is 6.09 Å². The zero-order valence-electron chi connectivity index (χ0n) is 17.6. The third-order valence-corrected chi connectivity index (χ3v) is 4.80. The Morgan fingerprint density at radius 2 is 2.00 bits per heavy atom. The number of amides is 2. The van der Waals surface area contributed by atoms with E-state index in [2.05, 4.69) is 5.10 Å². The monoisotopic (exact) mass is 400 g/mol. The lowest BCUT2D eigenvalue weighted by atomic mass is 10.0. The first-order valence-electron chi connectivity index (χ1n) is 9.75. The molecule has 1 aromatic carbocycles. The molecule has 1 aliphatic heterocycles. The number of anilines is 2. The van der Waals surface area contributed by atoms with Crippen molar-refractivity contribution in [2.45, 2.75) is 46.4 Å². The van der Waals surface area contributed by atoms with Gasteiger partial charge < -0.3 is 14.4 Å². The second kappa shape index (κ2) is 8.65. The maximum Gasteiger partial charge on any atom is 0.414 e. The zero-order valence-corrected chi connectivity index (χ0v) is 17.6. The van der Waals surface area contributed by atoms with Crippen molar-refractivity contribution in [1.29, 1.82) is 0 Å². The molecule has 156 valence electrons. The molecule has 1 aliphatic rings. The van der Waals surface area contributed by atoms with Crippen LogP contribution in [0.15, 0.2) is 30.6 Å². The molecule has 1 atom stereocenters. The zero-order chi connectivity index (χ0) is 21.1. The molecule has 3 rings (SSSR count). The molecule has 2 heterocycles. The van der Waals surface area contributed by atoms with E-state index in [0.717, 1.165) is 11.1 Å². The fraction of sp³-hybridized carbons (Fsp3) is 0.476. The van der Waals surface area contributed by atoms with Crippen LogP contribution in [0.1, 0.15) is 27.7 Å². The van der Waals surface area contributed by atoms with Crippen molar-refractivity contribution >= 4 is 23.4 Å². The van der Waals surface area contributed by atoms with Gasteiger partial charge in [-0.15, -0.1) is 0 Å². The normalized spacial score (nSPS) is 16.1. The lowest BCUT2D eigenvalue weighted by Gasteiger charge is -2.40. The maximum absolute atomic E-state index is 12.7. The summed E-state index contributed by atoms with van der Waals surface area (Å²) in [5, 5.41) is 4.36. The van der Waals surface area contributed by atoms with E-state index < -0.39 is 6.09 Å². The summed E-state index contributed by atoms with van der Waals surface area (Å²) in [6, 6.07) is 5.58. The van der Waals surface area contributed by atoms with Gasteiger partial charge in [0, 0.05) is 32.3 Å². The third kappa shape index (κ3) is 4.42. The van der Waals surface area contributed by atoms with Crippen LogP contribution in [0.2, 0.25) is 0 Å². The quantitative estimate of drug-likeness (QED) is 0.770. The van der Waals surface area contributed by atoms with Crippen LogP contribution in [0.25, 0.3) is 11.1 Å². The molecule has 2 aromatic rings. The van der Waals surface area contributed by atoms with Crippen LogP contribution in [-0.4, -0.2) is 54.2 Å². The number of methoxy groups -OCH3 is 1. The van der Waals surface area contributed by atoms with Crippen LogP contribution < -0.4 is 9.80 Å². The third-order valence-electron chi connectivity index (χ3n) is 4.80. The number of benzene rings is 1. The Bertz CT molecular complexity index is 893. The first-order valence-corrected chi connectivity index (χ1v) is 9.75. The summed E-state index contributed by atoms with van der Waals surface area (Å²) < 4.78 is 12.3. The molecule has 29 heavy (non-hydrogen) atoms. The molecule has 0 N–H and O–H groups in total. The first kappa shape index (κ1) is 20.9. The van der Waals surface area contributed by atoms with Gasteiger partial charge in [0.2, 0.25) is 5.91 Å². The molecule has 0 spiro atoms. The Kier molecular flexibility index (Phi) is 6.22. The molecule has 2 amide bonds. The van der Waals surface area contributed by atoms with Gasteiger partial charge in [-0.25, -0.2) is 4.79 Å². The van der Waals surface area contributed by atoms with Crippen molar-refractivity contribution in [2.75, 3.05) is 30.1 Å². The summed E-state index contributed by atoms with van der Waals surface area (Å²) in [4.78, 5) is 28.3. The van der Waals surface area contributed by atoms with E-state index in [4.69, 9.17) is 9.47 Å². The van der Waals surface area contributed by atoms with Gasteiger partial charge in [-0.05, 0) is 38.5 Å². The molecule has 0 bridgehead atoms. The van der Waals surface area contributed by atoms with E-state index in [1.165, 1.54) is 6.92 Å². The van der Waals surface area contributed by atoms with E-state index in [0.29, 0.717) is 31.1 Å². The predicted octanol–water partition coefficient (Wildman–Crippen LogP) is 3.30. The van der Waals surface area contributed by atoms with Crippen molar-refractivity contribution in [3.05, 3.63) is 30.6 Å². The smallest absolute Gasteiger partial charge is 0.414 e. The summed E-state index contributed by atoms with van der Waals surface area (Å²) in [7, 11) is 1.65. The number of carbonyl (C=O) groups is 2. The molecule has 0 saturated carbocycles. The summed E-state index contributed by atoms with van der Waals surface area (Å²) in [6.07, 6.45) is 3.08. The number of hydrogen-bond acceptors (Lipinski definition) is 5. The molecule has 0 saturated heterocycles. The lowest BCUT2D eigenvalue weighted by molar-refractivity contribution is -0.117. The summed E-state index contributed by atoms with van der Waals surface area (Å²) in [6.45, 7) is 8.70. The summed E-state index contributed by atoms with van der Waals surface area (Å²) in [5.41, 5.74) is 3.19. The highest BCUT2D eigenvalue weighted by Crippen LogP contribution is 2.39. The lowest BCUT2D eigenvalue weighted by Crippen LogP contribution is -2.51. The molecule has 1 unspecified atom stereocenters. The SMILES string of the molecule is COCCn1cc(-c2ccc3c(c2)N(C(=O)OC(C)C)CC(C)N3C(C)=O)cn1. The Morgan fingerprint density at radius 3 is 2.66 bits per heavy atom. The van der Waals surface area contributed by atoms with Gasteiger partial charge in [-0.3, -0.25) is 14.4 Å².